The van der Waals surface area contributed by atoms with E-state index in [2.05, 4.69) is 93.1 Å². The van der Waals surface area contributed by atoms with Gasteiger partial charge in [-0.2, -0.15) is 25.3 Å². The predicted molar refractivity (Wildman–Crippen MR) is 305 cm³/mol. The van der Waals surface area contributed by atoms with Crippen LogP contribution in [-0.4, -0.2) is 152 Å². The van der Waals surface area contributed by atoms with Crippen LogP contribution in [0.1, 0.15) is 76.6 Å². The van der Waals surface area contributed by atoms with E-state index >= 15 is 0 Å². The number of carbonyl (C=O) groups excluding carboxylic acids is 10. The second-order valence-electron chi connectivity index (χ2n) is 19.0. The SMILES string of the molecule is CCCC[C@H](NC(C)=O)C(=O)N[C@@H](CS)C(=O)N[C@H](C)C(=O)N[C@@H](Cc1cnc[nH]1)C(=O)N[C@H](Cc1ccccc1)C(=O)N[C@@H](CCCN=C(N)N)C(=O)N[C@@H](Cc1c[nH]c2ccccc12)C(=O)N[C@@H](C)C(=O)N[C@@H](CS)C(N)=O. The number of carbonyl (C=O) groups is 10. The highest BCUT2D eigenvalue weighted by molar-refractivity contribution is 7.80. The van der Waals surface area contributed by atoms with E-state index < -0.39 is 113 Å². The Hall–Kier alpha value is -8.14. The van der Waals surface area contributed by atoms with Crippen molar-refractivity contribution in [3.63, 3.8) is 0 Å². The maximum atomic E-state index is 14.7. The zero-order valence-corrected chi connectivity index (χ0v) is 46.8. The molecule has 0 unspecified atom stereocenters. The summed E-state index contributed by atoms with van der Waals surface area (Å²) in [5.74, 6) is -8.06. The second-order valence-corrected chi connectivity index (χ2v) is 19.7. The summed E-state index contributed by atoms with van der Waals surface area (Å²) in [6.45, 7) is 5.96. The average molecular weight is 1150 g/mol. The summed E-state index contributed by atoms with van der Waals surface area (Å²) in [6.07, 6.45) is 5.81. The predicted octanol–water partition coefficient (Wildman–Crippen LogP) is -2.07. The molecule has 0 fully saturated rings. The first-order valence-electron chi connectivity index (χ1n) is 26.0. The molecule has 0 bridgehead atoms. The summed E-state index contributed by atoms with van der Waals surface area (Å²) in [6, 6.07) is 4.50. The van der Waals surface area contributed by atoms with Crippen LogP contribution in [0.2, 0.25) is 0 Å². The van der Waals surface area contributed by atoms with Gasteiger partial charge in [0.15, 0.2) is 5.96 Å². The van der Waals surface area contributed by atoms with Crippen LogP contribution in [-0.2, 0) is 67.2 Å². The van der Waals surface area contributed by atoms with Gasteiger partial charge in [0, 0.05) is 73.2 Å². The minimum atomic E-state index is -1.42. The van der Waals surface area contributed by atoms with Gasteiger partial charge in [0.2, 0.25) is 59.1 Å². The second kappa shape index (κ2) is 32.7. The molecule has 0 aliphatic rings. The quantitative estimate of drug-likeness (QED) is 0.0106. The number of rotatable bonds is 33. The van der Waals surface area contributed by atoms with Crippen molar-refractivity contribution in [2.24, 2.45) is 22.2 Å². The van der Waals surface area contributed by atoms with Gasteiger partial charge in [0.1, 0.15) is 54.4 Å². The number of nitrogens with one attached hydrogen (secondary N) is 11. The monoisotopic (exact) mass is 1150 g/mol. The van der Waals surface area contributed by atoms with Gasteiger partial charge in [-0.3, -0.25) is 52.9 Å². The molecule has 0 aliphatic heterocycles. The standard InChI is InChI=1S/C52H74N16O10S2/c1-5-6-16-36(62-30(4)69)46(73)68-42(26-80)51(78)61-28(2)44(71)64-40(22-33-24-56-27-59-33)50(77)65-38(20-31-13-8-7-9-14-31)49(76)63-37(18-12-19-57-52(54)55)47(74)66-39(21-32-23-58-35-17-11-10-15-34(32)35)48(75)60-29(3)45(72)67-41(25-79)43(53)70/h7-11,13-15,17,23-24,27-29,36-42,58,79-80H,5-6,12,16,18-22,25-26H2,1-4H3,(H2,53,70)(H,56,59)(H,60,75)(H,61,78)(H,62,69)(H,63,76)(H,64,71)(H,65,77)(H,66,74)(H,67,72)(H,68,73)(H4,54,55,57)/t28-,29+,36+,37+,38-,39+,40+,41+,42+/m1/s1. The molecule has 4 aromatic rings. The Bertz CT molecular complexity index is 2780. The summed E-state index contributed by atoms with van der Waals surface area (Å²) in [7, 11) is 0. The third-order valence-electron chi connectivity index (χ3n) is 12.5. The lowest BCUT2D eigenvalue weighted by Crippen LogP contribution is -2.61. The Morgan fingerprint density at radius 1 is 0.562 bits per heavy atom. The number of nitrogens with two attached hydrogens (primary N) is 3. The van der Waals surface area contributed by atoms with Crippen LogP contribution in [0.15, 0.2) is 78.3 Å². The van der Waals surface area contributed by atoms with Crippen LogP contribution in [0.3, 0.4) is 0 Å². The van der Waals surface area contributed by atoms with E-state index in [0.717, 1.165) is 17.3 Å². The lowest BCUT2D eigenvalue weighted by molar-refractivity contribution is -0.135. The van der Waals surface area contributed by atoms with Gasteiger partial charge in [-0.15, -0.1) is 0 Å². The van der Waals surface area contributed by atoms with E-state index in [0.29, 0.717) is 29.7 Å². The largest absolute Gasteiger partial charge is 0.370 e. The molecule has 17 N–H and O–H groups in total. The number of hydrogen-bond acceptors (Lipinski definition) is 14. The fraction of sp³-hybridized carbons (Fsp3) is 0.462. The van der Waals surface area contributed by atoms with E-state index in [9.17, 15) is 47.9 Å². The van der Waals surface area contributed by atoms with Crippen molar-refractivity contribution in [3.05, 3.63) is 90.1 Å². The van der Waals surface area contributed by atoms with Gasteiger partial charge in [-0.1, -0.05) is 68.3 Å². The first-order chi connectivity index (χ1) is 38.1. The van der Waals surface area contributed by atoms with Crippen LogP contribution >= 0.6 is 25.3 Å². The fourth-order valence-electron chi connectivity index (χ4n) is 8.15. The van der Waals surface area contributed by atoms with E-state index in [-0.39, 0.29) is 56.1 Å². The number of para-hydroxylation sites is 1. The maximum Gasteiger partial charge on any atom is 0.244 e. The molecule has 10 amide bonds. The highest BCUT2D eigenvalue weighted by Crippen LogP contribution is 2.20. The van der Waals surface area contributed by atoms with Crippen LogP contribution in [0.5, 0.6) is 0 Å². The number of guanidine groups is 1. The summed E-state index contributed by atoms with van der Waals surface area (Å²) in [5.41, 5.74) is 18.9. The number of primary amides is 1. The Kier molecular flexibility index (Phi) is 26.3. The van der Waals surface area contributed by atoms with Crippen LogP contribution in [0.4, 0.5) is 0 Å². The van der Waals surface area contributed by atoms with Crippen molar-refractivity contribution in [1.29, 1.82) is 0 Å². The molecule has 0 saturated heterocycles. The fourth-order valence-corrected chi connectivity index (χ4v) is 8.68. The molecule has 9 atom stereocenters. The van der Waals surface area contributed by atoms with Gasteiger partial charge in [0.25, 0.3) is 0 Å². The highest BCUT2D eigenvalue weighted by atomic mass is 32.1. The number of fused-ring (bicyclic) bond motifs is 1. The van der Waals surface area contributed by atoms with Crippen molar-refractivity contribution in [2.45, 2.75) is 133 Å². The molecule has 26 nitrogen and oxygen atoms in total. The molecule has 434 valence electrons. The minimum Gasteiger partial charge on any atom is -0.370 e. The van der Waals surface area contributed by atoms with E-state index in [1.165, 1.54) is 33.3 Å². The van der Waals surface area contributed by atoms with Gasteiger partial charge in [0.05, 0.1) is 6.33 Å². The summed E-state index contributed by atoms with van der Waals surface area (Å²) in [5, 5.41) is 24.3. The Labute approximate surface area is 473 Å². The number of H-pyrrole nitrogens is 2. The first-order valence-corrected chi connectivity index (χ1v) is 27.2. The molecule has 2 aromatic carbocycles. The maximum absolute atomic E-state index is 14.7. The Balaban J connectivity index is 1.62. The summed E-state index contributed by atoms with van der Waals surface area (Å²) in [4.78, 5) is 149. The lowest BCUT2D eigenvalue weighted by atomic mass is 10.0. The minimum absolute atomic E-state index is 0.0343. The number of aromatic nitrogens is 3. The third kappa shape index (κ3) is 20.9. The molecular formula is C52H74N16O10S2. The summed E-state index contributed by atoms with van der Waals surface area (Å²) >= 11 is 8.30. The van der Waals surface area contributed by atoms with Crippen LogP contribution < -0.4 is 65.1 Å². The molecule has 0 aliphatic carbocycles. The smallest absolute Gasteiger partial charge is 0.244 e. The van der Waals surface area contributed by atoms with Crippen LogP contribution in [0, 0.1) is 0 Å². The molecule has 28 heteroatoms. The molecule has 0 radical (unpaired) electrons. The van der Waals surface area contributed by atoms with Crippen LogP contribution in [0.25, 0.3) is 10.9 Å². The number of aromatic amines is 2. The molecule has 2 aromatic heterocycles. The zero-order chi connectivity index (χ0) is 58.9. The summed E-state index contributed by atoms with van der Waals surface area (Å²) < 4.78 is 0. The molecule has 2 heterocycles. The van der Waals surface area contributed by atoms with Gasteiger partial charge >= 0.3 is 0 Å². The van der Waals surface area contributed by atoms with Gasteiger partial charge in [-0.05, 0) is 50.3 Å². The first kappa shape index (κ1) is 64.4. The van der Waals surface area contributed by atoms with Gasteiger partial charge in [-0.25, -0.2) is 4.98 Å². The van der Waals surface area contributed by atoms with E-state index in [1.54, 1.807) is 42.6 Å². The number of benzene rings is 2. The van der Waals surface area contributed by atoms with Crippen molar-refractivity contribution in [2.75, 3.05) is 18.1 Å². The molecule has 0 spiro atoms. The van der Waals surface area contributed by atoms with Crippen molar-refractivity contribution in [3.8, 4) is 0 Å². The number of thiol groups is 2. The van der Waals surface area contributed by atoms with E-state index in [1.807, 2.05) is 25.1 Å². The molecule has 0 saturated carbocycles. The number of unbranched alkanes of at least 4 members (excludes halogenated alkanes) is 1. The van der Waals surface area contributed by atoms with Crippen molar-refractivity contribution < 1.29 is 47.9 Å². The Morgan fingerprint density at radius 3 is 1.61 bits per heavy atom. The molecule has 80 heavy (non-hydrogen) atoms. The number of amides is 10. The number of aliphatic imine (C=N–C) groups is 1. The zero-order valence-electron chi connectivity index (χ0n) is 45.0. The lowest BCUT2D eigenvalue weighted by Gasteiger charge is -2.27. The van der Waals surface area contributed by atoms with E-state index in [4.69, 9.17) is 17.2 Å². The number of hydrogen-bond donors (Lipinski definition) is 16. The Morgan fingerprint density at radius 2 is 1.05 bits per heavy atom. The topological polar surface area (TPSA) is 414 Å². The number of nitrogens with zero attached hydrogens (tertiary/aromatic N) is 2. The number of imidazole rings is 1. The van der Waals surface area contributed by atoms with Gasteiger partial charge < -0.3 is 75.0 Å². The highest BCUT2D eigenvalue weighted by Gasteiger charge is 2.35. The van der Waals surface area contributed by atoms with Crippen molar-refractivity contribution in [1.82, 2.24) is 62.8 Å². The molecule has 4 rings (SSSR count). The molecular weight excluding hydrogens is 1070 g/mol. The normalized spacial score (nSPS) is 14.4. The average Bonchev–Trinajstić information content (AvgIpc) is 4.10. The third-order valence-corrected chi connectivity index (χ3v) is 13.3. The van der Waals surface area contributed by atoms with Crippen molar-refractivity contribution >= 4 is 101 Å².